The molecule has 1 aliphatic heterocycles. The molecule has 0 radical (unpaired) electrons. The lowest BCUT2D eigenvalue weighted by atomic mass is 9.88. The summed E-state index contributed by atoms with van der Waals surface area (Å²) in [5.41, 5.74) is 2.47. The van der Waals surface area contributed by atoms with Crippen LogP contribution in [0.2, 0.25) is 5.02 Å². The van der Waals surface area contributed by atoms with Crippen molar-refractivity contribution in [1.82, 2.24) is 20.3 Å². The van der Waals surface area contributed by atoms with E-state index in [9.17, 15) is 27.6 Å². The van der Waals surface area contributed by atoms with Crippen molar-refractivity contribution in [3.05, 3.63) is 64.8 Å². The largest absolute Gasteiger partial charge is 0.493 e. The molecule has 3 atom stereocenters. The number of para-hydroxylation sites is 1. The molecule has 2 N–H and O–H groups in total. The minimum Gasteiger partial charge on any atom is -0.361 e. The third kappa shape index (κ3) is 7.06. The van der Waals surface area contributed by atoms with Gasteiger partial charge in [-0.1, -0.05) is 42.6 Å². The lowest BCUT2D eigenvalue weighted by Gasteiger charge is -2.40. The number of alkyl halides is 3. The number of carbonyl (C=O) groups is 3. The Morgan fingerprint density at radius 1 is 1.23 bits per heavy atom. The average molecular weight is 618 g/mol. The van der Waals surface area contributed by atoms with E-state index < -0.39 is 42.6 Å². The summed E-state index contributed by atoms with van der Waals surface area (Å²) in [6.07, 6.45) is 2.01. The van der Waals surface area contributed by atoms with E-state index in [0.29, 0.717) is 40.1 Å². The van der Waals surface area contributed by atoms with Gasteiger partial charge in [-0.05, 0) is 61.8 Å². The van der Waals surface area contributed by atoms with Gasteiger partial charge in [-0.3, -0.25) is 4.79 Å². The molecule has 228 valence electrons. The number of nitrogens with zero attached hydrogens (tertiary/aromatic N) is 3. The lowest BCUT2D eigenvalue weighted by Crippen LogP contribution is -2.58. The highest BCUT2D eigenvalue weighted by molar-refractivity contribution is 6.30. The number of H-pyrrole nitrogens is 1. The Hall–Kier alpha value is -4.21. The number of aromatic nitrogens is 1. The van der Waals surface area contributed by atoms with Crippen molar-refractivity contribution in [2.75, 3.05) is 38.6 Å². The second-order valence-corrected chi connectivity index (χ2v) is 11.1. The molecule has 3 amide bonds. The molecule has 0 fully saturated rings. The lowest BCUT2D eigenvalue weighted by molar-refractivity contribution is -0.233. The van der Waals surface area contributed by atoms with Crippen LogP contribution in [0.1, 0.15) is 24.0 Å². The minimum atomic E-state index is -5.45. The third-order valence-electron chi connectivity index (χ3n) is 7.22. The number of fused-ring (bicyclic) bond motifs is 2. The number of anilines is 1. The van der Waals surface area contributed by atoms with Crippen molar-refractivity contribution >= 4 is 46.1 Å². The molecule has 3 aromatic rings. The van der Waals surface area contributed by atoms with E-state index in [-0.39, 0.29) is 17.5 Å². The number of urea groups is 1. The van der Waals surface area contributed by atoms with E-state index in [1.807, 2.05) is 19.0 Å². The van der Waals surface area contributed by atoms with Gasteiger partial charge in [0.05, 0.1) is 6.54 Å². The van der Waals surface area contributed by atoms with Gasteiger partial charge in [0.2, 0.25) is 0 Å². The average Bonchev–Trinajstić information content (AvgIpc) is 3.38. The first-order valence-electron chi connectivity index (χ1n) is 13.4. The van der Waals surface area contributed by atoms with E-state index >= 15 is 0 Å². The number of terminal acetylenes is 1. The van der Waals surface area contributed by atoms with Crippen molar-refractivity contribution in [2.24, 2.45) is 5.92 Å². The fourth-order valence-electron chi connectivity index (χ4n) is 5.45. The van der Waals surface area contributed by atoms with Crippen molar-refractivity contribution in [3.63, 3.8) is 0 Å². The molecular weight excluding hydrogens is 587 g/mol. The quantitative estimate of drug-likeness (QED) is 0.295. The highest BCUT2D eigenvalue weighted by atomic mass is 35.5. The molecule has 4 rings (SSSR count). The third-order valence-corrected chi connectivity index (χ3v) is 7.45. The first kappa shape index (κ1) is 31.7. The van der Waals surface area contributed by atoms with Crippen LogP contribution < -0.4 is 10.2 Å². The predicted molar refractivity (Wildman–Crippen MR) is 156 cm³/mol. The highest BCUT2D eigenvalue weighted by Gasteiger charge is 2.48. The van der Waals surface area contributed by atoms with Crippen LogP contribution >= 0.6 is 11.6 Å². The number of hydroxylamine groups is 2. The number of amides is 3. The standard InChI is InChI=1S/C30H31ClF3N5O4/c1-5-12-35-29(42)39(43-28(41)30(32,33)34)26(18(2)23-15-36-24-9-7-6-8-22(23)24)27(40)38-17-19(16-37(3)4)13-20-14-21(31)10-11-25(20)38/h1,6-11,14-15,18-19,26,36H,12-13,16-17H2,2-4H3,(H,35,42)/t18?,19-,26?/m1/s1. The number of benzene rings is 2. The molecule has 1 aliphatic rings. The maximum Gasteiger partial charge on any atom is 0.493 e. The summed E-state index contributed by atoms with van der Waals surface area (Å²) in [7, 11) is 3.77. The Morgan fingerprint density at radius 2 is 1.95 bits per heavy atom. The first-order valence-corrected chi connectivity index (χ1v) is 13.8. The highest BCUT2D eigenvalue weighted by Crippen LogP contribution is 2.37. The topological polar surface area (TPSA) is 98.0 Å². The van der Waals surface area contributed by atoms with E-state index in [0.717, 1.165) is 5.56 Å². The van der Waals surface area contributed by atoms with Gasteiger partial charge in [-0.25, -0.2) is 9.59 Å². The van der Waals surface area contributed by atoms with Gasteiger partial charge in [0, 0.05) is 46.8 Å². The van der Waals surface area contributed by atoms with Crippen LogP contribution in [0.5, 0.6) is 0 Å². The van der Waals surface area contributed by atoms with Crippen LogP contribution in [-0.2, 0) is 20.8 Å². The first-order chi connectivity index (χ1) is 20.3. The summed E-state index contributed by atoms with van der Waals surface area (Å²) in [5, 5.41) is 3.52. The van der Waals surface area contributed by atoms with E-state index in [1.54, 1.807) is 55.6 Å². The van der Waals surface area contributed by atoms with Crippen LogP contribution in [-0.4, -0.2) is 78.8 Å². The molecule has 0 aliphatic carbocycles. The molecule has 9 nitrogen and oxygen atoms in total. The molecule has 2 heterocycles. The van der Waals surface area contributed by atoms with Crippen LogP contribution in [0.15, 0.2) is 48.7 Å². The monoisotopic (exact) mass is 617 g/mol. The summed E-state index contributed by atoms with van der Waals surface area (Å²) in [5.74, 6) is -2.30. The van der Waals surface area contributed by atoms with E-state index in [1.165, 1.54) is 4.90 Å². The second-order valence-electron chi connectivity index (χ2n) is 10.6. The minimum absolute atomic E-state index is 0.0737. The normalized spacial score (nSPS) is 16.3. The number of aromatic amines is 1. The van der Waals surface area contributed by atoms with Gasteiger partial charge in [-0.15, -0.1) is 11.5 Å². The molecule has 0 bridgehead atoms. The van der Waals surface area contributed by atoms with Gasteiger partial charge in [0.1, 0.15) is 0 Å². The molecule has 43 heavy (non-hydrogen) atoms. The number of hydrogen-bond donors (Lipinski definition) is 2. The fourth-order valence-corrected chi connectivity index (χ4v) is 5.64. The summed E-state index contributed by atoms with van der Waals surface area (Å²) >= 11 is 6.28. The molecule has 0 saturated heterocycles. The molecule has 0 spiro atoms. The molecule has 2 aromatic carbocycles. The number of hydrogen-bond acceptors (Lipinski definition) is 5. The fraction of sp³-hybridized carbons (Fsp3) is 0.367. The molecule has 2 unspecified atom stereocenters. The van der Waals surface area contributed by atoms with Gasteiger partial charge >= 0.3 is 18.2 Å². The Bertz CT molecular complexity index is 1550. The molecule has 1 aromatic heterocycles. The zero-order chi connectivity index (χ0) is 31.5. The Morgan fingerprint density at radius 3 is 2.63 bits per heavy atom. The van der Waals surface area contributed by atoms with Gasteiger partial charge in [-0.2, -0.15) is 13.2 Å². The molecular formula is C30H31ClF3N5O4. The van der Waals surface area contributed by atoms with Gasteiger partial charge < -0.3 is 24.9 Å². The van der Waals surface area contributed by atoms with Crippen molar-refractivity contribution in [1.29, 1.82) is 0 Å². The van der Waals surface area contributed by atoms with Crippen molar-refractivity contribution in [3.8, 4) is 12.3 Å². The van der Waals surface area contributed by atoms with Crippen LogP contribution in [0.3, 0.4) is 0 Å². The van der Waals surface area contributed by atoms with Crippen molar-refractivity contribution < 1.29 is 32.4 Å². The molecule has 13 heteroatoms. The Kier molecular flexibility index (Phi) is 9.57. The summed E-state index contributed by atoms with van der Waals surface area (Å²) in [6.45, 7) is 1.96. The van der Waals surface area contributed by atoms with Crippen LogP contribution in [0.4, 0.5) is 23.7 Å². The van der Waals surface area contributed by atoms with Gasteiger partial charge in [0.15, 0.2) is 6.04 Å². The number of rotatable bonds is 7. The maximum atomic E-state index is 14.6. The zero-order valence-corrected chi connectivity index (χ0v) is 24.5. The summed E-state index contributed by atoms with van der Waals surface area (Å²) in [4.78, 5) is 51.2. The number of nitrogens with one attached hydrogen (secondary N) is 2. The van der Waals surface area contributed by atoms with E-state index in [2.05, 4.69) is 21.1 Å². The van der Waals surface area contributed by atoms with Crippen molar-refractivity contribution in [2.45, 2.75) is 31.5 Å². The zero-order valence-electron chi connectivity index (χ0n) is 23.7. The number of carbonyl (C=O) groups excluding carboxylic acids is 3. The Labute approximate surface area is 251 Å². The number of halogens is 4. The summed E-state index contributed by atoms with van der Waals surface area (Å²) in [6, 6.07) is 9.10. The maximum absolute atomic E-state index is 14.6. The predicted octanol–water partition coefficient (Wildman–Crippen LogP) is 4.73. The molecule has 0 saturated carbocycles. The SMILES string of the molecule is C#CCNC(=O)N(OC(=O)C(F)(F)F)C(C(=O)N1C[C@@H](CN(C)C)Cc2cc(Cl)ccc21)C(C)c1c[nH]c2ccccc12. The van der Waals surface area contributed by atoms with Gasteiger partial charge in [0.25, 0.3) is 5.91 Å². The second kappa shape index (κ2) is 13.0. The van der Waals surface area contributed by atoms with E-state index in [4.69, 9.17) is 18.0 Å². The Balaban J connectivity index is 1.87. The summed E-state index contributed by atoms with van der Waals surface area (Å²) < 4.78 is 40.4. The van der Waals surface area contributed by atoms with Crippen LogP contribution in [0.25, 0.3) is 10.9 Å². The smallest absolute Gasteiger partial charge is 0.361 e. The van der Waals surface area contributed by atoms with Crippen LogP contribution in [0, 0.1) is 18.3 Å².